The lowest BCUT2D eigenvalue weighted by molar-refractivity contribution is -0.130. The summed E-state index contributed by atoms with van der Waals surface area (Å²) in [6, 6.07) is 2.15. The molecule has 0 radical (unpaired) electrons. The van der Waals surface area contributed by atoms with Crippen LogP contribution in [-0.2, 0) is 24.0 Å². The van der Waals surface area contributed by atoms with E-state index in [0.717, 1.165) is 12.1 Å². The predicted octanol–water partition coefficient (Wildman–Crippen LogP) is 0.937. The number of halogens is 2. The van der Waals surface area contributed by atoms with Crippen molar-refractivity contribution in [3.63, 3.8) is 0 Å². The standard InChI is InChI=1S/C24H33ClFN5O5/c1-14(30-21(33)9-6-15-5-8-17(25)13-18(15)26)20(32)12-16(23(28)35)7-10-22(34)31-19(24(29)36)4-2-3-11-27/h5-6,8-9,13-14,16,19H,2-4,7,10-12,27H2,1H3,(H2,28,35)(H2,29,36)(H,30,33)(H,31,34)/b9-6+/t14?,16-,19?/m1/s1. The molecule has 3 atom stereocenters. The zero-order chi connectivity index (χ0) is 27.3. The lowest BCUT2D eigenvalue weighted by Crippen LogP contribution is -2.44. The molecule has 0 saturated heterocycles. The molecule has 1 aromatic rings. The highest BCUT2D eigenvalue weighted by molar-refractivity contribution is 6.30. The number of nitrogens with two attached hydrogens (primary N) is 3. The smallest absolute Gasteiger partial charge is 0.244 e. The van der Waals surface area contributed by atoms with Crippen molar-refractivity contribution in [2.24, 2.45) is 23.1 Å². The minimum atomic E-state index is -0.963. The van der Waals surface area contributed by atoms with Crippen LogP contribution < -0.4 is 27.8 Å². The molecular weight excluding hydrogens is 493 g/mol. The fourth-order valence-electron chi connectivity index (χ4n) is 3.26. The molecule has 12 heteroatoms. The van der Waals surface area contributed by atoms with Gasteiger partial charge in [0, 0.05) is 35.4 Å². The Kier molecular flexibility index (Phi) is 13.3. The maximum atomic E-state index is 13.8. The zero-order valence-electron chi connectivity index (χ0n) is 20.1. The van der Waals surface area contributed by atoms with E-state index in [4.69, 9.17) is 28.8 Å². The number of rotatable bonds is 16. The summed E-state index contributed by atoms with van der Waals surface area (Å²) < 4.78 is 13.8. The molecule has 8 N–H and O–H groups in total. The molecule has 198 valence electrons. The van der Waals surface area contributed by atoms with Gasteiger partial charge in [0.15, 0.2) is 5.78 Å². The molecule has 0 aromatic heterocycles. The summed E-state index contributed by atoms with van der Waals surface area (Å²) in [5.41, 5.74) is 16.3. The lowest BCUT2D eigenvalue weighted by Gasteiger charge is -2.18. The molecule has 0 aliphatic rings. The van der Waals surface area contributed by atoms with Gasteiger partial charge in [-0.25, -0.2) is 4.39 Å². The Bertz CT molecular complexity index is 988. The second kappa shape index (κ2) is 15.6. The highest BCUT2D eigenvalue weighted by Gasteiger charge is 2.25. The average Bonchev–Trinajstić information content (AvgIpc) is 2.80. The van der Waals surface area contributed by atoms with Crippen LogP contribution in [0, 0.1) is 11.7 Å². The first-order valence-electron chi connectivity index (χ1n) is 11.5. The molecular formula is C24H33ClFN5O5. The van der Waals surface area contributed by atoms with Crippen molar-refractivity contribution in [1.29, 1.82) is 0 Å². The third-order valence-electron chi connectivity index (χ3n) is 5.41. The Labute approximate surface area is 214 Å². The van der Waals surface area contributed by atoms with Gasteiger partial charge in [-0.3, -0.25) is 24.0 Å². The van der Waals surface area contributed by atoms with E-state index in [1.54, 1.807) is 0 Å². The normalized spacial score (nSPS) is 13.6. The first kappa shape index (κ1) is 30.7. The van der Waals surface area contributed by atoms with Crippen molar-refractivity contribution < 1.29 is 28.4 Å². The number of carbonyl (C=O) groups excluding carboxylic acids is 5. The Balaban J connectivity index is 2.60. The molecule has 0 spiro atoms. The summed E-state index contributed by atoms with van der Waals surface area (Å²) in [6.45, 7) is 1.88. The quantitative estimate of drug-likeness (QED) is 0.158. The maximum Gasteiger partial charge on any atom is 0.244 e. The minimum Gasteiger partial charge on any atom is -0.369 e. The summed E-state index contributed by atoms with van der Waals surface area (Å²) in [5, 5.41) is 5.17. The van der Waals surface area contributed by atoms with E-state index in [0.29, 0.717) is 25.8 Å². The molecule has 0 aliphatic carbocycles. The van der Waals surface area contributed by atoms with E-state index in [2.05, 4.69) is 10.6 Å². The number of primary amides is 2. The first-order chi connectivity index (χ1) is 16.9. The van der Waals surface area contributed by atoms with E-state index in [1.807, 2.05) is 0 Å². The van der Waals surface area contributed by atoms with Crippen molar-refractivity contribution in [3.05, 3.63) is 40.7 Å². The number of ketones is 1. The fraction of sp³-hybridized carbons (Fsp3) is 0.458. The molecule has 36 heavy (non-hydrogen) atoms. The Morgan fingerprint density at radius 3 is 2.33 bits per heavy atom. The van der Waals surface area contributed by atoms with E-state index >= 15 is 0 Å². The third kappa shape index (κ3) is 11.4. The number of hydrogen-bond acceptors (Lipinski definition) is 6. The molecule has 0 aliphatic heterocycles. The summed E-state index contributed by atoms with van der Waals surface area (Å²) in [5.74, 6) is -4.65. The molecule has 0 bridgehead atoms. The van der Waals surface area contributed by atoms with Crippen LogP contribution in [-0.4, -0.2) is 48.0 Å². The van der Waals surface area contributed by atoms with Crippen LogP contribution in [0.5, 0.6) is 0 Å². The Morgan fingerprint density at radius 2 is 1.75 bits per heavy atom. The summed E-state index contributed by atoms with van der Waals surface area (Å²) in [7, 11) is 0. The molecule has 1 rings (SSSR count). The minimum absolute atomic E-state index is 0.0302. The van der Waals surface area contributed by atoms with Gasteiger partial charge in [-0.05, 0) is 57.4 Å². The predicted molar refractivity (Wildman–Crippen MR) is 134 cm³/mol. The van der Waals surface area contributed by atoms with Crippen LogP contribution in [0.2, 0.25) is 5.02 Å². The van der Waals surface area contributed by atoms with Crippen molar-refractivity contribution >= 4 is 47.1 Å². The van der Waals surface area contributed by atoms with Crippen LogP contribution in [0.25, 0.3) is 6.08 Å². The van der Waals surface area contributed by atoms with Gasteiger partial charge >= 0.3 is 0 Å². The topological polar surface area (TPSA) is 187 Å². The number of carbonyl (C=O) groups is 5. The van der Waals surface area contributed by atoms with Gasteiger partial charge in [-0.1, -0.05) is 17.7 Å². The van der Waals surface area contributed by atoms with E-state index in [-0.39, 0.29) is 29.8 Å². The fourth-order valence-corrected chi connectivity index (χ4v) is 3.42. The maximum absolute atomic E-state index is 13.8. The Hall–Kier alpha value is -3.31. The van der Waals surface area contributed by atoms with Gasteiger partial charge < -0.3 is 27.8 Å². The van der Waals surface area contributed by atoms with E-state index < -0.39 is 53.2 Å². The highest BCUT2D eigenvalue weighted by Crippen LogP contribution is 2.16. The summed E-state index contributed by atoms with van der Waals surface area (Å²) in [6.07, 6.45) is 3.44. The molecule has 0 fully saturated rings. The Morgan fingerprint density at radius 1 is 1.06 bits per heavy atom. The first-order valence-corrected chi connectivity index (χ1v) is 11.9. The molecule has 0 heterocycles. The zero-order valence-corrected chi connectivity index (χ0v) is 20.9. The van der Waals surface area contributed by atoms with Gasteiger partial charge in [0.1, 0.15) is 11.9 Å². The largest absolute Gasteiger partial charge is 0.369 e. The van der Waals surface area contributed by atoms with Crippen LogP contribution in [0.4, 0.5) is 4.39 Å². The lowest BCUT2D eigenvalue weighted by atomic mass is 9.93. The van der Waals surface area contributed by atoms with Gasteiger partial charge in [0.25, 0.3) is 0 Å². The van der Waals surface area contributed by atoms with Crippen LogP contribution in [0.15, 0.2) is 24.3 Å². The van der Waals surface area contributed by atoms with Gasteiger partial charge in [-0.15, -0.1) is 0 Å². The van der Waals surface area contributed by atoms with Crippen molar-refractivity contribution in [3.8, 4) is 0 Å². The van der Waals surface area contributed by atoms with Gasteiger partial charge in [0.05, 0.1) is 6.04 Å². The monoisotopic (exact) mass is 525 g/mol. The molecule has 4 amide bonds. The van der Waals surface area contributed by atoms with Gasteiger partial charge in [-0.2, -0.15) is 0 Å². The average molecular weight is 526 g/mol. The van der Waals surface area contributed by atoms with Crippen LogP contribution in [0.1, 0.15) is 51.0 Å². The molecule has 2 unspecified atom stereocenters. The van der Waals surface area contributed by atoms with Crippen LogP contribution in [0.3, 0.4) is 0 Å². The number of nitrogens with one attached hydrogen (secondary N) is 2. The second-order valence-corrected chi connectivity index (χ2v) is 8.78. The number of Topliss-reactive ketones (excluding diaryl/α,β-unsaturated/α-hetero) is 1. The second-order valence-electron chi connectivity index (χ2n) is 8.34. The third-order valence-corrected chi connectivity index (χ3v) is 5.65. The number of benzene rings is 1. The number of amides is 4. The van der Waals surface area contributed by atoms with Crippen LogP contribution >= 0.6 is 11.6 Å². The summed E-state index contributed by atoms with van der Waals surface area (Å²) >= 11 is 5.69. The molecule has 10 nitrogen and oxygen atoms in total. The number of hydrogen-bond donors (Lipinski definition) is 5. The highest BCUT2D eigenvalue weighted by atomic mass is 35.5. The van der Waals surface area contributed by atoms with Crippen molar-refractivity contribution in [1.82, 2.24) is 10.6 Å². The molecule has 0 saturated carbocycles. The number of unbranched alkanes of at least 4 members (excludes halogenated alkanes) is 1. The van der Waals surface area contributed by atoms with Gasteiger partial charge in [0.2, 0.25) is 23.6 Å². The summed E-state index contributed by atoms with van der Waals surface area (Å²) in [4.78, 5) is 60.2. The SMILES string of the molecule is CC(NC(=O)/C=C/c1ccc(Cl)cc1F)C(=O)C[C@@H](CCC(=O)NC(CCCCN)C(N)=O)C(N)=O. The van der Waals surface area contributed by atoms with Crippen molar-refractivity contribution in [2.75, 3.05) is 6.54 Å². The van der Waals surface area contributed by atoms with E-state index in [1.165, 1.54) is 25.1 Å². The molecule has 1 aromatic carbocycles. The van der Waals surface area contributed by atoms with E-state index in [9.17, 15) is 28.4 Å². The van der Waals surface area contributed by atoms with Crippen molar-refractivity contribution in [2.45, 2.75) is 57.5 Å².